The van der Waals surface area contributed by atoms with Gasteiger partial charge >= 0.3 is 0 Å². The summed E-state index contributed by atoms with van der Waals surface area (Å²) in [4.78, 5) is 24.0. The number of aryl methyl sites for hydroxylation is 1. The second-order valence-corrected chi connectivity index (χ2v) is 8.40. The average molecular weight is 403 g/mol. The topological polar surface area (TPSA) is 84.1 Å². The maximum Gasteiger partial charge on any atom is 0.256 e. The molecule has 1 saturated heterocycles. The zero-order valence-electron chi connectivity index (χ0n) is 16.9. The van der Waals surface area contributed by atoms with E-state index < -0.39 is 6.10 Å². The first-order valence-corrected chi connectivity index (χ1v) is 10.4. The fourth-order valence-corrected chi connectivity index (χ4v) is 5.10. The molecule has 2 fully saturated rings. The molecule has 3 heterocycles. The van der Waals surface area contributed by atoms with Crippen molar-refractivity contribution in [2.24, 2.45) is 11.8 Å². The molecule has 7 heteroatoms. The highest BCUT2D eigenvalue weighted by Crippen LogP contribution is 2.41. The third-order valence-corrected chi connectivity index (χ3v) is 6.61. The predicted molar refractivity (Wildman–Crippen MR) is 112 cm³/mol. The number of pyridine rings is 1. The first-order chi connectivity index (χ1) is 14.6. The largest absolute Gasteiger partial charge is 0.391 e. The lowest BCUT2D eigenvalue weighted by Crippen LogP contribution is -2.36. The molecule has 0 spiro atoms. The Kier molecular flexibility index (Phi) is 4.83. The number of aromatic nitrogens is 4. The molecular formula is C23H25N5O2. The zero-order chi connectivity index (χ0) is 20.7. The summed E-state index contributed by atoms with van der Waals surface area (Å²) >= 11 is 0. The van der Waals surface area contributed by atoms with Gasteiger partial charge in [0.05, 0.1) is 23.4 Å². The molecule has 1 saturated carbocycles. The van der Waals surface area contributed by atoms with Crippen LogP contribution in [-0.4, -0.2) is 54.9 Å². The van der Waals surface area contributed by atoms with Crippen LogP contribution in [-0.2, 0) is 0 Å². The Balaban J connectivity index is 1.40. The van der Waals surface area contributed by atoms with Crippen molar-refractivity contribution in [2.75, 3.05) is 13.1 Å². The molecule has 5 rings (SSSR count). The van der Waals surface area contributed by atoms with E-state index in [1.54, 1.807) is 17.2 Å². The monoisotopic (exact) mass is 403 g/mol. The van der Waals surface area contributed by atoms with E-state index in [4.69, 9.17) is 0 Å². The number of aliphatic hydroxyl groups excluding tert-OH is 1. The molecule has 4 atom stereocenters. The van der Waals surface area contributed by atoms with Crippen LogP contribution in [0.2, 0.25) is 0 Å². The number of amides is 1. The maximum atomic E-state index is 13.6. The Morgan fingerprint density at radius 3 is 2.60 bits per heavy atom. The van der Waals surface area contributed by atoms with Crippen LogP contribution in [0.5, 0.6) is 0 Å². The molecular weight excluding hydrogens is 378 g/mol. The number of carbonyl (C=O) groups is 1. The molecule has 1 aliphatic carbocycles. The molecule has 0 unspecified atom stereocenters. The Labute approximate surface area is 175 Å². The van der Waals surface area contributed by atoms with E-state index in [1.165, 1.54) is 6.33 Å². The number of rotatable bonds is 3. The van der Waals surface area contributed by atoms with Crippen LogP contribution in [0, 0.1) is 18.8 Å². The molecule has 7 nitrogen and oxygen atoms in total. The quantitative estimate of drug-likeness (QED) is 0.727. The first-order valence-electron chi connectivity index (χ1n) is 10.4. The molecule has 30 heavy (non-hydrogen) atoms. The van der Waals surface area contributed by atoms with Crippen LogP contribution in [0.15, 0.2) is 55.2 Å². The third-order valence-electron chi connectivity index (χ3n) is 6.61. The van der Waals surface area contributed by atoms with Gasteiger partial charge in [-0.1, -0.05) is 30.3 Å². The maximum absolute atomic E-state index is 13.6. The van der Waals surface area contributed by atoms with E-state index in [-0.39, 0.29) is 11.9 Å². The van der Waals surface area contributed by atoms with E-state index in [9.17, 15) is 9.90 Å². The molecule has 2 aliphatic rings. The summed E-state index contributed by atoms with van der Waals surface area (Å²) < 4.78 is 1.75. The van der Waals surface area contributed by atoms with Crippen molar-refractivity contribution in [3.63, 3.8) is 0 Å². The molecule has 154 valence electrons. The first kappa shape index (κ1) is 18.9. The normalized spacial score (nSPS) is 25.9. The fraction of sp³-hybridized carbons (Fsp3) is 0.391. The van der Waals surface area contributed by atoms with E-state index in [0.717, 1.165) is 23.2 Å². The smallest absolute Gasteiger partial charge is 0.256 e. The molecule has 1 N–H and O–H groups in total. The van der Waals surface area contributed by atoms with E-state index in [0.29, 0.717) is 36.9 Å². The molecule has 1 aromatic carbocycles. The van der Waals surface area contributed by atoms with Gasteiger partial charge in [-0.15, -0.1) is 0 Å². The van der Waals surface area contributed by atoms with E-state index in [1.807, 2.05) is 48.2 Å². The SMILES string of the molecule is Cc1nccc(-c2ccccc2)c1C(=O)N1C[C@H]2C[C@@H](n3cncn3)[C@H](O)C[C@H]2C1. The van der Waals surface area contributed by atoms with Crippen molar-refractivity contribution in [3.8, 4) is 11.1 Å². The zero-order valence-corrected chi connectivity index (χ0v) is 16.9. The van der Waals surface area contributed by atoms with Crippen molar-refractivity contribution in [3.05, 3.63) is 66.5 Å². The lowest BCUT2D eigenvalue weighted by molar-refractivity contribution is 0.0304. The summed E-state index contributed by atoms with van der Waals surface area (Å²) in [6.45, 7) is 3.27. The van der Waals surface area contributed by atoms with Crippen molar-refractivity contribution < 1.29 is 9.90 Å². The number of benzene rings is 1. The minimum absolute atomic E-state index is 0.0284. The van der Waals surface area contributed by atoms with Gasteiger partial charge in [0, 0.05) is 19.3 Å². The van der Waals surface area contributed by atoms with Crippen LogP contribution >= 0.6 is 0 Å². The Bertz CT molecular complexity index is 1040. The number of fused-ring (bicyclic) bond motifs is 1. The second-order valence-electron chi connectivity index (χ2n) is 8.40. The highest BCUT2D eigenvalue weighted by Gasteiger charge is 2.44. The summed E-state index contributed by atoms with van der Waals surface area (Å²) in [5, 5.41) is 14.9. The van der Waals surface area contributed by atoms with Gasteiger partial charge < -0.3 is 10.0 Å². The van der Waals surface area contributed by atoms with Gasteiger partial charge in [0.2, 0.25) is 0 Å². The Morgan fingerprint density at radius 2 is 1.87 bits per heavy atom. The third kappa shape index (κ3) is 3.29. The van der Waals surface area contributed by atoms with Crippen LogP contribution in [0.1, 0.15) is 34.9 Å². The number of nitrogens with zero attached hydrogens (tertiary/aromatic N) is 5. The Morgan fingerprint density at radius 1 is 1.10 bits per heavy atom. The van der Waals surface area contributed by atoms with Crippen LogP contribution in [0.25, 0.3) is 11.1 Å². The second kappa shape index (κ2) is 7.65. The summed E-state index contributed by atoms with van der Waals surface area (Å²) in [5.74, 6) is 0.685. The highest BCUT2D eigenvalue weighted by molar-refractivity contribution is 6.02. The standard InChI is InChI=1S/C23H25N5O2/c1-15-22(19(7-8-25-15)16-5-3-2-4-6-16)23(30)27-11-17-9-20(28-14-24-13-26-28)21(29)10-18(17)12-27/h2-8,13-14,17-18,20-21,29H,9-12H2,1H3/t17-,18+,20-,21-/m1/s1. The minimum Gasteiger partial charge on any atom is -0.391 e. The molecule has 3 aromatic rings. The van der Waals surface area contributed by atoms with Crippen LogP contribution in [0.3, 0.4) is 0 Å². The van der Waals surface area contributed by atoms with Crippen LogP contribution < -0.4 is 0 Å². The molecule has 0 bridgehead atoms. The Hall–Kier alpha value is -3.06. The molecule has 1 amide bonds. The lowest BCUT2D eigenvalue weighted by atomic mass is 9.77. The molecule has 1 aliphatic heterocycles. The average Bonchev–Trinajstić information content (AvgIpc) is 3.43. The van der Waals surface area contributed by atoms with Gasteiger partial charge in [-0.2, -0.15) is 5.10 Å². The van der Waals surface area contributed by atoms with Crippen molar-refractivity contribution in [2.45, 2.75) is 31.9 Å². The van der Waals surface area contributed by atoms with E-state index in [2.05, 4.69) is 15.1 Å². The van der Waals surface area contributed by atoms with Crippen LogP contribution in [0.4, 0.5) is 0 Å². The fourth-order valence-electron chi connectivity index (χ4n) is 5.10. The van der Waals surface area contributed by atoms with Gasteiger partial charge in [-0.05, 0) is 48.8 Å². The number of hydrogen-bond donors (Lipinski definition) is 1. The number of carbonyl (C=O) groups excluding carboxylic acids is 1. The summed E-state index contributed by atoms with van der Waals surface area (Å²) in [6.07, 6.45) is 5.93. The number of likely N-dealkylation sites (tertiary alicyclic amines) is 1. The van der Waals surface area contributed by atoms with Crippen molar-refractivity contribution in [1.82, 2.24) is 24.6 Å². The highest BCUT2D eigenvalue weighted by atomic mass is 16.3. The predicted octanol–water partition coefficient (Wildman–Crippen LogP) is 2.73. The van der Waals surface area contributed by atoms with Gasteiger partial charge in [0.25, 0.3) is 5.91 Å². The number of hydrogen-bond acceptors (Lipinski definition) is 5. The van der Waals surface area contributed by atoms with Crippen molar-refractivity contribution in [1.29, 1.82) is 0 Å². The summed E-state index contributed by atoms with van der Waals surface area (Å²) in [7, 11) is 0. The molecule has 0 radical (unpaired) electrons. The lowest BCUT2D eigenvalue weighted by Gasteiger charge is -2.34. The van der Waals surface area contributed by atoms with Gasteiger partial charge in [0.15, 0.2) is 0 Å². The van der Waals surface area contributed by atoms with Gasteiger partial charge in [-0.25, -0.2) is 9.67 Å². The van der Waals surface area contributed by atoms with E-state index >= 15 is 0 Å². The summed E-state index contributed by atoms with van der Waals surface area (Å²) in [6, 6.07) is 11.8. The molecule has 2 aromatic heterocycles. The van der Waals surface area contributed by atoms with Gasteiger partial charge in [0.1, 0.15) is 12.7 Å². The van der Waals surface area contributed by atoms with Crippen molar-refractivity contribution >= 4 is 5.91 Å². The summed E-state index contributed by atoms with van der Waals surface area (Å²) in [5.41, 5.74) is 3.36. The number of aliphatic hydroxyl groups is 1. The minimum atomic E-state index is -0.469. The van der Waals surface area contributed by atoms with Gasteiger partial charge in [-0.3, -0.25) is 9.78 Å².